The van der Waals surface area contributed by atoms with Crippen molar-refractivity contribution in [3.05, 3.63) is 18.7 Å². The van der Waals surface area contributed by atoms with E-state index in [0.717, 1.165) is 64.5 Å². The third-order valence-corrected chi connectivity index (χ3v) is 5.16. The van der Waals surface area contributed by atoms with Crippen LogP contribution in [0.5, 0.6) is 0 Å². The number of aromatic nitrogens is 2. The summed E-state index contributed by atoms with van der Waals surface area (Å²) in [5.41, 5.74) is -0.455. The summed E-state index contributed by atoms with van der Waals surface area (Å²) in [5.74, 6) is 1.50. The molecule has 8 nitrogen and oxygen atoms in total. The van der Waals surface area contributed by atoms with Gasteiger partial charge < -0.3 is 24.4 Å². The Hall–Kier alpha value is -2.25. The molecule has 0 aliphatic carbocycles. The lowest BCUT2D eigenvalue weighted by Gasteiger charge is -2.36. The Balaban J connectivity index is 1.80. The fourth-order valence-electron chi connectivity index (χ4n) is 3.58. The number of piperidine rings is 1. The molecule has 0 atom stereocenters. The predicted molar refractivity (Wildman–Crippen MR) is 121 cm³/mol. The first-order valence-corrected chi connectivity index (χ1v) is 11.3. The van der Waals surface area contributed by atoms with E-state index in [-0.39, 0.29) is 6.09 Å². The van der Waals surface area contributed by atoms with Crippen molar-refractivity contribution >= 4 is 12.1 Å². The lowest BCUT2D eigenvalue weighted by molar-refractivity contribution is 0.0214. The molecule has 0 unspecified atom stereocenters. The number of ether oxygens (including phenoxy) is 1. The van der Waals surface area contributed by atoms with Gasteiger partial charge in [0.1, 0.15) is 5.60 Å². The number of nitrogens with zero attached hydrogens (tertiary/aromatic N) is 5. The number of aliphatic imine (C=N–C) groups is 1. The first kappa shape index (κ1) is 24.0. The summed E-state index contributed by atoms with van der Waals surface area (Å²) in [6.07, 6.45) is 8.52. The largest absolute Gasteiger partial charge is 0.444 e. The molecule has 8 heteroatoms. The zero-order valence-electron chi connectivity index (χ0n) is 19.4. The van der Waals surface area contributed by atoms with Gasteiger partial charge in [-0.2, -0.15) is 0 Å². The molecule has 1 aliphatic rings. The molecule has 2 heterocycles. The van der Waals surface area contributed by atoms with Crippen LogP contribution in [0.15, 0.2) is 23.7 Å². The van der Waals surface area contributed by atoms with Crippen molar-refractivity contribution in [1.82, 2.24) is 24.7 Å². The molecular weight excluding hydrogens is 380 g/mol. The molecule has 1 N–H and O–H groups in total. The van der Waals surface area contributed by atoms with E-state index in [1.54, 1.807) is 6.20 Å². The van der Waals surface area contributed by atoms with Crippen LogP contribution >= 0.6 is 0 Å². The molecule has 1 amide bonds. The van der Waals surface area contributed by atoms with E-state index in [4.69, 9.17) is 9.73 Å². The standard InChI is InChI=1S/C22H40N6O2/c1-6-24-20(25-11-8-13-26-16-12-23-18-26)28-14-9-19(10-15-28)17-27(7-2)21(29)30-22(3,4)5/h12,16,18-19H,6-11,13-15,17H2,1-5H3,(H,24,25). The summed E-state index contributed by atoms with van der Waals surface area (Å²) < 4.78 is 7.63. The molecule has 1 aromatic heterocycles. The number of rotatable bonds is 8. The lowest BCUT2D eigenvalue weighted by Crippen LogP contribution is -2.48. The average Bonchev–Trinajstić information content (AvgIpc) is 3.21. The van der Waals surface area contributed by atoms with Crippen LogP contribution in [0, 0.1) is 5.92 Å². The van der Waals surface area contributed by atoms with Gasteiger partial charge in [0, 0.05) is 58.2 Å². The molecular formula is C22H40N6O2. The maximum absolute atomic E-state index is 12.4. The van der Waals surface area contributed by atoms with Crippen LogP contribution in [0.2, 0.25) is 0 Å². The fourth-order valence-corrected chi connectivity index (χ4v) is 3.58. The summed E-state index contributed by atoms with van der Waals surface area (Å²) in [6.45, 7) is 15.8. The third-order valence-electron chi connectivity index (χ3n) is 5.16. The SMILES string of the molecule is CCNC(=NCCCn1ccnc1)N1CCC(CN(CC)C(=O)OC(C)(C)C)CC1. The smallest absolute Gasteiger partial charge is 0.410 e. The Morgan fingerprint density at radius 2 is 2.03 bits per heavy atom. The van der Waals surface area contributed by atoms with Crippen molar-refractivity contribution in [2.45, 2.75) is 66.0 Å². The zero-order valence-corrected chi connectivity index (χ0v) is 19.4. The Bertz CT molecular complexity index is 645. The topological polar surface area (TPSA) is 75.0 Å². The highest BCUT2D eigenvalue weighted by atomic mass is 16.6. The second-order valence-corrected chi connectivity index (χ2v) is 8.84. The lowest BCUT2D eigenvalue weighted by atomic mass is 9.96. The number of hydrogen-bond acceptors (Lipinski definition) is 4. The second kappa shape index (κ2) is 11.8. The number of guanidine groups is 1. The first-order chi connectivity index (χ1) is 14.3. The van der Waals surface area contributed by atoms with Gasteiger partial charge in [0.2, 0.25) is 0 Å². The summed E-state index contributed by atoms with van der Waals surface area (Å²) in [4.78, 5) is 25.5. The molecule has 1 saturated heterocycles. The molecule has 1 fully saturated rings. The van der Waals surface area contributed by atoms with Gasteiger partial charge >= 0.3 is 6.09 Å². The first-order valence-electron chi connectivity index (χ1n) is 11.3. The van der Waals surface area contributed by atoms with Crippen molar-refractivity contribution in [2.75, 3.05) is 39.3 Å². The van der Waals surface area contributed by atoms with Crippen LogP contribution in [-0.2, 0) is 11.3 Å². The monoisotopic (exact) mass is 420 g/mol. The molecule has 1 aliphatic heterocycles. The summed E-state index contributed by atoms with van der Waals surface area (Å²) in [7, 11) is 0. The van der Waals surface area contributed by atoms with E-state index in [9.17, 15) is 4.79 Å². The maximum Gasteiger partial charge on any atom is 0.410 e. The molecule has 1 aromatic rings. The Labute approximate surface area is 181 Å². The number of imidazole rings is 1. The maximum atomic E-state index is 12.4. The molecule has 0 saturated carbocycles. The average molecular weight is 421 g/mol. The molecule has 0 radical (unpaired) electrons. The van der Waals surface area contributed by atoms with E-state index < -0.39 is 5.60 Å². The third kappa shape index (κ3) is 8.24. The highest BCUT2D eigenvalue weighted by Gasteiger charge is 2.27. The minimum atomic E-state index is -0.455. The zero-order chi connectivity index (χ0) is 22.0. The Kier molecular flexibility index (Phi) is 9.46. The van der Waals surface area contributed by atoms with Crippen LogP contribution < -0.4 is 5.32 Å². The van der Waals surface area contributed by atoms with E-state index in [1.165, 1.54) is 0 Å². The predicted octanol–water partition coefficient (Wildman–Crippen LogP) is 3.21. The van der Waals surface area contributed by atoms with Crippen molar-refractivity contribution in [1.29, 1.82) is 0 Å². The van der Waals surface area contributed by atoms with Crippen molar-refractivity contribution in [3.8, 4) is 0 Å². The minimum absolute atomic E-state index is 0.208. The number of aryl methyl sites for hydroxylation is 1. The normalized spacial score (nSPS) is 15.9. The van der Waals surface area contributed by atoms with Gasteiger partial charge in [0.25, 0.3) is 0 Å². The fraction of sp³-hybridized carbons (Fsp3) is 0.773. The molecule has 0 aromatic carbocycles. The second-order valence-electron chi connectivity index (χ2n) is 8.84. The van der Waals surface area contributed by atoms with Gasteiger partial charge in [0.15, 0.2) is 5.96 Å². The summed E-state index contributed by atoms with van der Waals surface area (Å²) in [6, 6.07) is 0. The Morgan fingerprint density at radius 1 is 1.30 bits per heavy atom. The molecule has 0 spiro atoms. The number of hydrogen-bond donors (Lipinski definition) is 1. The highest BCUT2D eigenvalue weighted by molar-refractivity contribution is 5.80. The van der Waals surface area contributed by atoms with Crippen LogP contribution in [-0.4, -0.2) is 76.3 Å². The number of amides is 1. The van der Waals surface area contributed by atoms with Crippen LogP contribution in [0.3, 0.4) is 0 Å². The van der Waals surface area contributed by atoms with Crippen LogP contribution in [0.25, 0.3) is 0 Å². The Morgan fingerprint density at radius 3 is 2.60 bits per heavy atom. The van der Waals surface area contributed by atoms with Gasteiger partial charge in [-0.3, -0.25) is 4.99 Å². The minimum Gasteiger partial charge on any atom is -0.444 e. The number of likely N-dealkylation sites (tertiary alicyclic amines) is 1. The van der Waals surface area contributed by atoms with E-state index >= 15 is 0 Å². The number of nitrogens with one attached hydrogen (secondary N) is 1. The van der Waals surface area contributed by atoms with Gasteiger partial charge in [-0.15, -0.1) is 0 Å². The quantitative estimate of drug-likeness (QED) is 0.397. The van der Waals surface area contributed by atoms with Crippen LogP contribution in [0.1, 0.15) is 53.9 Å². The molecule has 2 rings (SSSR count). The highest BCUT2D eigenvalue weighted by Crippen LogP contribution is 2.20. The van der Waals surface area contributed by atoms with Gasteiger partial charge in [0.05, 0.1) is 6.33 Å². The van der Waals surface area contributed by atoms with Crippen LogP contribution in [0.4, 0.5) is 4.79 Å². The van der Waals surface area contributed by atoms with Crippen molar-refractivity contribution < 1.29 is 9.53 Å². The molecule has 0 bridgehead atoms. The van der Waals surface area contributed by atoms with Crippen molar-refractivity contribution in [2.24, 2.45) is 10.9 Å². The van der Waals surface area contributed by atoms with E-state index in [2.05, 4.69) is 26.7 Å². The molecule has 30 heavy (non-hydrogen) atoms. The summed E-state index contributed by atoms with van der Waals surface area (Å²) in [5, 5.41) is 3.43. The van der Waals surface area contributed by atoms with Gasteiger partial charge in [-0.25, -0.2) is 9.78 Å². The number of carbonyl (C=O) groups excluding carboxylic acids is 1. The van der Waals surface area contributed by atoms with Gasteiger partial charge in [-0.05, 0) is 59.8 Å². The van der Waals surface area contributed by atoms with Crippen molar-refractivity contribution in [3.63, 3.8) is 0 Å². The molecule has 170 valence electrons. The summed E-state index contributed by atoms with van der Waals surface area (Å²) >= 11 is 0. The van der Waals surface area contributed by atoms with E-state index in [1.807, 2.05) is 45.1 Å². The van der Waals surface area contributed by atoms with E-state index in [0.29, 0.717) is 12.5 Å². The number of carbonyl (C=O) groups is 1. The van der Waals surface area contributed by atoms with Gasteiger partial charge in [-0.1, -0.05) is 0 Å².